The normalized spacial score (nSPS) is 12.3. The van der Waals surface area contributed by atoms with Crippen molar-refractivity contribution < 1.29 is 9.53 Å². The van der Waals surface area contributed by atoms with Gasteiger partial charge in [0.15, 0.2) is 5.78 Å². The Balaban J connectivity index is 3.14. The molecule has 0 amide bonds. The first-order chi connectivity index (χ1) is 6.56. The molecule has 0 bridgehead atoms. The molecule has 0 aliphatic carbocycles. The highest BCUT2D eigenvalue weighted by Gasteiger charge is 2.15. The van der Waals surface area contributed by atoms with Crippen LogP contribution in [0.3, 0.4) is 0 Å². The highest BCUT2D eigenvalue weighted by Crippen LogP contribution is 2.20. The van der Waals surface area contributed by atoms with Crippen LogP contribution in [0.4, 0.5) is 0 Å². The lowest BCUT2D eigenvalue weighted by Crippen LogP contribution is -2.27. The molecule has 1 aromatic rings. The number of nitrogens with two attached hydrogens (primary N) is 1. The fourth-order valence-electron chi connectivity index (χ4n) is 1.25. The van der Waals surface area contributed by atoms with Crippen LogP contribution in [0.25, 0.3) is 0 Å². The highest BCUT2D eigenvalue weighted by molar-refractivity contribution is 6.02. The van der Waals surface area contributed by atoms with Crippen molar-refractivity contribution in [3.8, 4) is 5.75 Å². The molecule has 14 heavy (non-hydrogen) atoms. The summed E-state index contributed by atoms with van der Waals surface area (Å²) in [5.74, 6) is 0.495. The molecule has 0 radical (unpaired) electrons. The predicted octanol–water partition coefficient (Wildman–Crippen LogP) is 1.53. The van der Waals surface area contributed by atoms with Crippen molar-refractivity contribution in [2.45, 2.75) is 19.9 Å². The first-order valence-corrected chi connectivity index (χ1v) is 4.50. The van der Waals surface area contributed by atoms with E-state index in [2.05, 4.69) is 0 Å². The van der Waals surface area contributed by atoms with E-state index in [-0.39, 0.29) is 5.78 Å². The zero-order valence-electron chi connectivity index (χ0n) is 8.70. The van der Waals surface area contributed by atoms with Gasteiger partial charge in [-0.2, -0.15) is 0 Å². The van der Waals surface area contributed by atoms with Crippen LogP contribution in [0.5, 0.6) is 5.75 Å². The maximum Gasteiger partial charge on any atom is 0.182 e. The lowest BCUT2D eigenvalue weighted by molar-refractivity contribution is 0.0965. The summed E-state index contributed by atoms with van der Waals surface area (Å²) in [5.41, 5.74) is 7.13. The minimum Gasteiger partial charge on any atom is -0.496 e. The molecule has 0 saturated carbocycles. The van der Waals surface area contributed by atoms with Gasteiger partial charge in [0.25, 0.3) is 0 Å². The SMILES string of the molecule is COc1cc(C)ccc1C(=O)C(C)N. The van der Waals surface area contributed by atoms with Crippen LogP contribution in [0, 0.1) is 6.92 Å². The summed E-state index contributed by atoms with van der Waals surface area (Å²) in [6.07, 6.45) is 0. The summed E-state index contributed by atoms with van der Waals surface area (Å²) in [6, 6.07) is 4.96. The number of methoxy groups -OCH3 is 1. The largest absolute Gasteiger partial charge is 0.496 e. The molecule has 0 aliphatic heterocycles. The quantitative estimate of drug-likeness (QED) is 0.741. The van der Waals surface area contributed by atoms with E-state index in [1.807, 2.05) is 19.1 Å². The third kappa shape index (κ3) is 2.12. The van der Waals surface area contributed by atoms with Crippen molar-refractivity contribution in [3.63, 3.8) is 0 Å². The molecule has 3 heteroatoms. The van der Waals surface area contributed by atoms with E-state index in [0.29, 0.717) is 11.3 Å². The summed E-state index contributed by atoms with van der Waals surface area (Å²) in [5, 5.41) is 0. The Morgan fingerprint density at radius 1 is 1.50 bits per heavy atom. The van der Waals surface area contributed by atoms with Crippen molar-refractivity contribution in [1.82, 2.24) is 0 Å². The Labute approximate surface area is 83.9 Å². The van der Waals surface area contributed by atoms with Crippen LogP contribution < -0.4 is 10.5 Å². The molecule has 0 aromatic heterocycles. The van der Waals surface area contributed by atoms with Gasteiger partial charge >= 0.3 is 0 Å². The molecule has 0 aliphatic rings. The van der Waals surface area contributed by atoms with E-state index in [0.717, 1.165) is 5.56 Å². The fourth-order valence-corrected chi connectivity index (χ4v) is 1.25. The second-order valence-electron chi connectivity index (χ2n) is 3.36. The van der Waals surface area contributed by atoms with Crippen molar-refractivity contribution in [2.24, 2.45) is 5.73 Å². The van der Waals surface area contributed by atoms with Gasteiger partial charge in [0.05, 0.1) is 18.7 Å². The van der Waals surface area contributed by atoms with Crippen LogP contribution in [0.2, 0.25) is 0 Å². The topological polar surface area (TPSA) is 52.3 Å². The molecule has 2 N–H and O–H groups in total. The predicted molar refractivity (Wildman–Crippen MR) is 55.7 cm³/mol. The van der Waals surface area contributed by atoms with E-state index < -0.39 is 6.04 Å². The molecular weight excluding hydrogens is 178 g/mol. The highest BCUT2D eigenvalue weighted by atomic mass is 16.5. The van der Waals surface area contributed by atoms with Crippen LogP contribution in [0.15, 0.2) is 18.2 Å². The van der Waals surface area contributed by atoms with Crippen LogP contribution in [0.1, 0.15) is 22.8 Å². The van der Waals surface area contributed by atoms with Crippen molar-refractivity contribution in [1.29, 1.82) is 0 Å². The summed E-state index contributed by atoms with van der Waals surface area (Å²) >= 11 is 0. The maximum absolute atomic E-state index is 11.6. The van der Waals surface area contributed by atoms with Gasteiger partial charge in [0.2, 0.25) is 0 Å². The molecule has 1 aromatic carbocycles. The Morgan fingerprint density at radius 2 is 2.14 bits per heavy atom. The monoisotopic (exact) mass is 193 g/mol. The van der Waals surface area contributed by atoms with Crippen molar-refractivity contribution in [2.75, 3.05) is 7.11 Å². The molecule has 1 unspecified atom stereocenters. The molecule has 0 heterocycles. The summed E-state index contributed by atoms with van der Waals surface area (Å²) in [6.45, 7) is 3.62. The van der Waals surface area contributed by atoms with Crippen LogP contribution >= 0.6 is 0 Å². The number of ether oxygens (including phenoxy) is 1. The zero-order chi connectivity index (χ0) is 10.7. The zero-order valence-corrected chi connectivity index (χ0v) is 8.70. The summed E-state index contributed by atoms with van der Waals surface area (Å²) in [7, 11) is 1.55. The average Bonchev–Trinajstić information content (AvgIpc) is 2.16. The van der Waals surface area contributed by atoms with Gasteiger partial charge in [-0.1, -0.05) is 6.07 Å². The number of rotatable bonds is 3. The molecule has 0 saturated heterocycles. The third-order valence-corrected chi connectivity index (χ3v) is 2.04. The van der Waals surface area contributed by atoms with E-state index >= 15 is 0 Å². The van der Waals surface area contributed by atoms with Crippen LogP contribution in [-0.4, -0.2) is 18.9 Å². The van der Waals surface area contributed by atoms with Gasteiger partial charge in [-0.05, 0) is 31.5 Å². The fraction of sp³-hybridized carbons (Fsp3) is 0.364. The molecule has 0 fully saturated rings. The van der Waals surface area contributed by atoms with Crippen molar-refractivity contribution >= 4 is 5.78 Å². The number of benzene rings is 1. The standard InChI is InChI=1S/C11H15NO2/c1-7-4-5-9(10(6-7)14-3)11(13)8(2)12/h4-6,8H,12H2,1-3H3. The van der Waals surface area contributed by atoms with Gasteiger partial charge in [-0.3, -0.25) is 4.79 Å². The van der Waals surface area contributed by atoms with Gasteiger partial charge in [-0.25, -0.2) is 0 Å². The number of Topliss-reactive ketones (excluding diaryl/α,β-unsaturated/α-hetero) is 1. The Kier molecular flexibility index (Phi) is 3.25. The third-order valence-electron chi connectivity index (χ3n) is 2.04. The lowest BCUT2D eigenvalue weighted by atomic mass is 10.0. The number of hydrogen-bond donors (Lipinski definition) is 1. The Hall–Kier alpha value is -1.35. The minimum atomic E-state index is -0.494. The molecule has 3 nitrogen and oxygen atoms in total. The summed E-state index contributed by atoms with van der Waals surface area (Å²) < 4.78 is 5.12. The maximum atomic E-state index is 11.6. The van der Waals surface area contributed by atoms with Crippen LogP contribution in [-0.2, 0) is 0 Å². The lowest BCUT2D eigenvalue weighted by Gasteiger charge is -2.10. The van der Waals surface area contributed by atoms with E-state index in [1.54, 1.807) is 20.1 Å². The number of ketones is 1. The summed E-state index contributed by atoms with van der Waals surface area (Å²) in [4.78, 5) is 11.6. The first-order valence-electron chi connectivity index (χ1n) is 4.50. The molecular formula is C11H15NO2. The Morgan fingerprint density at radius 3 is 2.64 bits per heavy atom. The Bertz CT molecular complexity index is 345. The van der Waals surface area contributed by atoms with E-state index in [4.69, 9.17) is 10.5 Å². The smallest absolute Gasteiger partial charge is 0.182 e. The second-order valence-corrected chi connectivity index (χ2v) is 3.36. The minimum absolute atomic E-state index is 0.0955. The second kappa shape index (κ2) is 4.24. The number of hydrogen-bond acceptors (Lipinski definition) is 3. The molecule has 0 spiro atoms. The molecule has 1 atom stereocenters. The molecule has 76 valence electrons. The van der Waals surface area contributed by atoms with E-state index in [1.165, 1.54) is 0 Å². The van der Waals surface area contributed by atoms with Gasteiger partial charge in [-0.15, -0.1) is 0 Å². The van der Waals surface area contributed by atoms with E-state index in [9.17, 15) is 4.79 Å². The average molecular weight is 193 g/mol. The van der Waals surface area contributed by atoms with Gasteiger partial charge in [0, 0.05) is 0 Å². The number of carbonyl (C=O) groups excluding carboxylic acids is 1. The van der Waals surface area contributed by atoms with Gasteiger partial charge in [0.1, 0.15) is 5.75 Å². The first kappa shape index (κ1) is 10.7. The molecule has 1 rings (SSSR count). The van der Waals surface area contributed by atoms with Crippen molar-refractivity contribution in [3.05, 3.63) is 29.3 Å². The number of aryl methyl sites for hydroxylation is 1. The number of carbonyl (C=O) groups is 1. The van der Waals surface area contributed by atoms with Gasteiger partial charge < -0.3 is 10.5 Å².